The van der Waals surface area contributed by atoms with Crippen LogP contribution in [0.1, 0.15) is 21.9 Å². The predicted molar refractivity (Wildman–Crippen MR) is 75.5 cm³/mol. The highest BCUT2D eigenvalue weighted by Gasteiger charge is 2.22. The zero-order valence-electron chi connectivity index (χ0n) is 11.4. The van der Waals surface area contributed by atoms with Gasteiger partial charge in [-0.3, -0.25) is 9.59 Å². The zero-order valence-corrected chi connectivity index (χ0v) is 12.2. The van der Waals surface area contributed by atoms with Crippen LogP contribution in [-0.2, 0) is 10.0 Å². The minimum absolute atomic E-state index is 0.0625. The van der Waals surface area contributed by atoms with Crippen molar-refractivity contribution in [1.29, 1.82) is 0 Å². The SMILES string of the molecule is Cc1cc(=O)c(C(=O)NS(=O)(=O)c2ccccc2)c(C)o1. The van der Waals surface area contributed by atoms with Crippen LogP contribution in [0.3, 0.4) is 0 Å². The number of amides is 1. The number of carbonyl (C=O) groups excluding carboxylic acids is 1. The third kappa shape index (κ3) is 3.19. The number of hydrogen-bond acceptors (Lipinski definition) is 5. The summed E-state index contributed by atoms with van der Waals surface area (Å²) in [5.41, 5.74) is -0.905. The molecule has 2 aromatic rings. The summed E-state index contributed by atoms with van der Waals surface area (Å²) in [5.74, 6) is -0.592. The standard InChI is InChI=1S/C14H13NO5S/c1-9-8-12(16)13(10(2)20-9)14(17)15-21(18,19)11-6-4-3-5-7-11/h3-8H,1-2H3,(H,15,17). The van der Waals surface area contributed by atoms with Crippen molar-refractivity contribution in [3.8, 4) is 0 Å². The molecule has 0 aliphatic rings. The molecular formula is C14H13NO5S. The Labute approximate surface area is 121 Å². The van der Waals surface area contributed by atoms with Crippen molar-refractivity contribution in [2.45, 2.75) is 18.7 Å². The molecule has 0 aliphatic carbocycles. The second-order valence-corrected chi connectivity index (χ2v) is 6.08. The second-order valence-electron chi connectivity index (χ2n) is 4.40. The van der Waals surface area contributed by atoms with Gasteiger partial charge in [0.1, 0.15) is 17.1 Å². The van der Waals surface area contributed by atoms with Gasteiger partial charge in [0, 0.05) is 6.07 Å². The van der Waals surface area contributed by atoms with Crippen molar-refractivity contribution in [2.24, 2.45) is 0 Å². The molecule has 2 rings (SSSR count). The number of aryl methyl sites for hydroxylation is 2. The lowest BCUT2D eigenvalue weighted by molar-refractivity contribution is 0.0977. The van der Waals surface area contributed by atoms with E-state index in [4.69, 9.17) is 4.42 Å². The fourth-order valence-corrected chi connectivity index (χ4v) is 2.84. The molecule has 1 N–H and O–H groups in total. The van der Waals surface area contributed by atoms with E-state index in [1.54, 1.807) is 13.0 Å². The zero-order chi connectivity index (χ0) is 15.6. The highest BCUT2D eigenvalue weighted by atomic mass is 32.2. The van der Waals surface area contributed by atoms with Crippen LogP contribution in [0.2, 0.25) is 0 Å². The third-order valence-electron chi connectivity index (χ3n) is 2.75. The van der Waals surface area contributed by atoms with E-state index in [0.717, 1.165) is 6.07 Å². The molecule has 1 aromatic carbocycles. The molecule has 6 nitrogen and oxygen atoms in total. The number of sulfonamides is 1. The first kappa shape index (κ1) is 15.0. The molecule has 0 bridgehead atoms. The highest BCUT2D eigenvalue weighted by Crippen LogP contribution is 2.10. The predicted octanol–water partition coefficient (Wildman–Crippen LogP) is 1.38. The van der Waals surface area contributed by atoms with Crippen LogP contribution in [0.5, 0.6) is 0 Å². The van der Waals surface area contributed by atoms with Gasteiger partial charge < -0.3 is 4.42 Å². The molecule has 7 heteroatoms. The summed E-state index contributed by atoms with van der Waals surface area (Å²) in [4.78, 5) is 23.8. The number of carbonyl (C=O) groups is 1. The molecule has 0 radical (unpaired) electrons. The van der Waals surface area contributed by atoms with Crippen LogP contribution in [0.4, 0.5) is 0 Å². The van der Waals surface area contributed by atoms with Crippen molar-refractivity contribution in [3.63, 3.8) is 0 Å². The first-order valence-electron chi connectivity index (χ1n) is 6.05. The fraction of sp³-hybridized carbons (Fsp3) is 0.143. The summed E-state index contributed by atoms with van der Waals surface area (Å²) >= 11 is 0. The Balaban J connectivity index is 2.38. The maximum atomic E-state index is 12.0. The summed E-state index contributed by atoms with van der Waals surface area (Å²) in [6.07, 6.45) is 0. The fourth-order valence-electron chi connectivity index (χ4n) is 1.86. The molecule has 1 aromatic heterocycles. The average molecular weight is 307 g/mol. The summed E-state index contributed by atoms with van der Waals surface area (Å²) in [7, 11) is -4.03. The third-order valence-corrected chi connectivity index (χ3v) is 4.10. The minimum atomic E-state index is -4.03. The van der Waals surface area contributed by atoms with Gasteiger partial charge in [0.15, 0.2) is 5.43 Å². The van der Waals surface area contributed by atoms with Crippen molar-refractivity contribution >= 4 is 15.9 Å². The van der Waals surface area contributed by atoms with Crippen molar-refractivity contribution in [1.82, 2.24) is 4.72 Å². The molecule has 0 aliphatic heterocycles. The highest BCUT2D eigenvalue weighted by molar-refractivity contribution is 7.90. The molecule has 1 amide bonds. The number of hydrogen-bond donors (Lipinski definition) is 1. The second kappa shape index (κ2) is 5.53. The molecule has 0 spiro atoms. The monoisotopic (exact) mass is 307 g/mol. The van der Waals surface area contributed by atoms with E-state index in [1.807, 2.05) is 4.72 Å². The van der Waals surface area contributed by atoms with Gasteiger partial charge in [-0.1, -0.05) is 18.2 Å². The first-order valence-corrected chi connectivity index (χ1v) is 7.53. The maximum Gasteiger partial charge on any atom is 0.272 e. The van der Waals surface area contributed by atoms with Gasteiger partial charge in [0.25, 0.3) is 15.9 Å². The summed E-state index contributed by atoms with van der Waals surface area (Å²) in [6.45, 7) is 3.00. The lowest BCUT2D eigenvalue weighted by Gasteiger charge is -2.08. The van der Waals surface area contributed by atoms with E-state index in [9.17, 15) is 18.0 Å². The van der Waals surface area contributed by atoms with Gasteiger partial charge in [-0.2, -0.15) is 0 Å². The van der Waals surface area contributed by atoms with Crippen LogP contribution in [0.25, 0.3) is 0 Å². The smallest absolute Gasteiger partial charge is 0.272 e. The van der Waals surface area contributed by atoms with Gasteiger partial charge in [-0.05, 0) is 26.0 Å². The van der Waals surface area contributed by atoms with E-state index in [2.05, 4.69) is 0 Å². The molecule has 0 fully saturated rings. The Hall–Kier alpha value is -2.41. The number of benzene rings is 1. The van der Waals surface area contributed by atoms with Crippen LogP contribution in [0, 0.1) is 13.8 Å². The van der Waals surface area contributed by atoms with Crippen LogP contribution in [-0.4, -0.2) is 14.3 Å². The Kier molecular flexibility index (Phi) is 3.95. The van der Waals surface area contributed by atoms with Gasteiger partial charge in [0.05, 0.1) is 4.90 Å². The lowest BCUT2D eigenvalue weighted by atomic mass is 10.2. The van der Waals surface area contributed by atoms with Crippen molar-refractivity contribution in [2.75, 3.05) is 0 Å². The van der Waals surface area contributed by atoms with E-state index in [-0.39, 0.29) is 16.2 Å². The van der Waals surface area contributed by atoms with Gasteiger partial charge >= 0.3 is 0 Å². The van der Waals surface area contributed by atoms with E-state index < -0.39 is 21.4 Å². The molecule has 110 valence electrons. The minimum Gasteiger partial charge on any atom is -0.466 e. The Bertz CT molecular complexity index is 837. The summed E-state index contributed by atoms with van der Waals surface area (Å²) in [5, 5.41) is 0. The Morgan fingerprint density at radius 2 is 1.76 bits per heavy atom. The van der Waals surface area contributed by atoms with E-state index >= 15 is 0 Å². The Morgan fingerprint density at radius 3 is 2.33 bits per heavy atom. The van der Waals surface area contributed by atoms with Gasteiger partial charge in [0.2, 0.25) is 0 Å². The lowest BCUT2D eigenvalue weighted by Crippen LogP contribution is -2.34. The van der Waals surface area contributed by atoms with Crippen LogP contribution >= 0.6 is 0 Å². The van der Waals surface area contributed by atoms with Crippen molar-refractivity contribution in [3.05, 3.63) is 63.7 Å². The first-order chi connectivity index (χ1) is 9.81. The summed E-state index contributed by atoms with van der Waals surface area (Å²) < 4.78 is 31.1. The van der Waals surface area contributed by atoms with Gasteiger partial charge in [-0.15, -0.1) is 0 Å². The largest absolute Gasteiger partial charge is 0.466 e. The number of rotatable bonds is 3. The van der Waals surface area contributed by atoms with E-state index in [0.29, 0.717) is 5.76 Å². The molecule has 0 atom stereocenters. The normalized spacial score (nSPS) is 11.1. The molecule has 21 heavy (non-hydrogen) atoms. The molecule has 0 unspecified atom stereocenters. The quantitative estimate of drug-likeness (QED) is 0.924. The molecular weight excluding hydrogens is 294 g/mol. The van der Waals surface area contributed by atoms with E-state index in [1.165, 1.54) is 31.2 Å². The maximum absolute atomic E-state index is 12.0. The molecule has 0 saturated carbocycles. The molecule has 1 heterocycles. The average Bonchev–Trinajstić information content (AvgIpc) is 2.37. The summed E-state index contributed by atoms with van der Waals surface area (Å²) in [6, 6.07) is 8.55. The Morgan fingerprint density at radius 1 is 1.14 bits per heavy atom. The molecule has 0 saturated heterocycles. The van der Waals surface area contributed by atoms with Gasteiger partial charge in [-0.25, -0.2) is 13.1 Å². The van der Waals surface area contributed by atoms with Crippen molar-refractivity contribution < 1.29 is 17.6 Å². The topological polar surface area (TPSA) is 93.5 Å². The van der Waals surface area contributed by atoms with Crippen LogP contribution < -0.4 is 10.2 Å². The van der Waals surface area contributed by atoms with Crippen LogP contribution in [0.15, 0.2) is 50.5 Å². The number of nitrogens with one attached hydrogen (secondary N) is 1.